The van der Waals surface area contributed by atoms with Gasteiger partial charge in [0.1, 0.15) is 0 Å². The highest BCUT2D eigenvalue weighted by molar-refractivity contribution is 6.35. The molecule has 4 nitrogen and oxygen atoms in total. The number of benzene rings is 2. The van der Waals surface area contributed by atoms with E-state index in [4.69, 9.17) is 39.5 Å². The number of carbonyl (C=O) groups excluding carboxylic acids is 2. The van der Waals surface area contributed by atoms with Crippen molar-refractivity contribution in [2.24, 2.45) is 0 Å². The maximum Gasteiger partial charge on any atom is 0.331 e. The Hall–Kier alpha value is -2.01. The molecule has 0 bridgehead atoms. The summed E-state index contributed by atoms with van der Waals surface area (Å²) in [6, 6.07) is 12.0. The Balaban J connectivity index is 1.78. The summed E-state index contributed by atoms with van der Waals surface area (Å²) in [5.41, 5.74) is 1.40. The third kappa shape index (κ3) is 6.42. The van der Waals surface area contributed by atoms with Gasteiger partial charge in [0.15, 0.2) is 6.61 Å². The van der Waals surface area contributed by atoms with Crippen LogP contribution in [0.5, 0.6) is 0 Å². The number of halogens is 3. The van der Waals surface area contributed by atoms with Gasteiger partial charge < -0.3 is 10.1 Å². The van der Waals surface area contributed by atoms with E-state index in [1.807, 2.05) is 6.07 Å². The number of esters is 1. The summed E-state index contributed by atoms with van der Waals surface area (Å²) in [7, 11) is 0. The van der Waals surface area contributed by atoms with Crippen molar-refractivity contribution in [3.63, 3.8) is 0 Å². The molecule has 0 unspecified atom stereocenters. The number of hydrogen-bond acceptors (Lipinski definition) is 3. The molecule has 0 saturated carbocycles. The molecule has 2 aromatic carbocycles. The van der Waals surface area contributed by atoms with Gasteiger partial charge in [-0.25, -0.2) is 4.79 Å². The van der Waals surface area contributed by atoms with Crippen LogP contribution in [0.25, 0.3) is 6.08 Å². The lowest BCUT2D eigenvalue weighted by molar-refractivity contribution is -0.143. The van der Waals surface area contributed by atoms with Gasteiger partial charge in [0.25, 0.3) is 5.91 Å². The first-order chi connectivity index (χ1) is 12.0. The maximum atomic E-state index is 11.7. The van der Waals surface area contributed by atoms with E-state index < -0.39 is 11.9 Å². The summed E-state index contributed by atoms with van der Waals surface area (Å²) in [6.07, 6.45) is 2.68. The van der Waals surface area contributed by atoms with Gasteiger partial charge in [-0.05, 0) is 35.4 Å². The highest BCUT2D eigenvalue weighted by Crippen LogP contribution is 2.22. The van der Waals surface area contributed by atoms with E-state index >= 15 is 0 Å². The Labute approximate surface area is 160 Å². The highest BCUT2D eigenvalue weighted by atomic mass is 35.5. The van der Waals surface area contributed by atoms with Crippen molar-refractivity contribution in [3.8, 4) is 0 Å². The van der Waals surface area contributed by atoms with Crippen molar-refractivity contribution in [2.75, 3.05) is 6.61 Å². The molecule has 0 spiro atoms. The molecular weight excluding hydrogens is 385 g/mol. The molecule has 25 heavy (non-hydrogen) atoms. The van der Waals surface area contributed by atoms with Crippen molar-refractivity contribution in [2.45, 2.75) is 6.54 Å². The molecule has 0 saturated heterocycles. The van der Waals surface area contributed by atoms with Gasteiger partial charge in [-0.3, -0.25) is 4.79 Å². The first kappa shape index (κ1) is 19.3. The molecule has 0 heterocycles. The lowest BCUT2D eigenvalue weighted by Crippen LogP contribution is -2.28. The second-order valence-corrected chi connectivity index (χ2v) is 6.23. The fourth-order valence-electron chi connectivity index (χ4n) is 1.87. The van der Waals surface area contributed by atoms with Crippen molar-refractivity contribution in [3.05, 3.63) is 74.7 Å². The molecule has 7 heteroatoms. The minimum Gasteiger partial charge on any atom is -0.452 e. The van der Waals surface area contributed by atoms with Gasteiger partial charge in [-0.1, -0.05) is 59.1 Å². The molecule has 1 amide bonds. The summed E-state index contributed by atoms with van der Waals surface area (Å²) in [5.74, 6) is -1.08. The van der Waals surface area contributed by atoms with Crippen LogP contribution in [0.4, 0.5) is 0 Å². The van der Waals surface area contributed by atoms with Crippen LogP contribution in [0, 0.1) is 0 Å². The number of ether oxygens (including phenoxy) is 1. The maximum absolute atomic E-state index is 11.7. The van der Waals surface area contributed by atoms with Gasteiger partial charge in [0.05, 0.1) is 0 Å². The normalized spacial score (nSPS) is 10.7. The van der Waals surface area contributed by atoms with Crippen LogP contribution < -0.4 is 5.32 Å². The quantitative estimate of drug-likeness (QED) is 0.575. The van der Waals surface area contributed by atoms with E-state index in [2.05, 4.69) is 5.32 Å². The van der Waals surface area contributed by atoms with E-state index in [9.17, 15) is 9.59 Å². The smallest absolute Gasteiger partial charge is 0.331 e. The van der Waals surface area contributed by atoms with Crippen LogP contribution in [-0.2, 0) is 20.9 Å². The molecular formula is C18H14Cl3NO3. The molecule has 0 radical (unpaired) electrons. The monoisotopic (exact) mass is 397 g/mol. The highest BCUT2D eigenvalue weighted by Gasteiger charge is 2.06. The minimum absolute atomic E-state index is 0.256. The molecule has 2 aromatic rings. The van der Waals surface area contributed by atoms with Crippen LogP contribution in [0.3, 0.4) is 0 Å². The summed E-state index contributed by atoms with van der Waals surface area (Å²) in [4.78, 5) is 23.4. The van der Waals surface area contributed by atoms with Gasteiger partial charge in [0.2, 0.25) is 0 Å². The first-order valence-corrected chi connectivity index (χ1v) is 8.39. The van der Waals surface area contributed by atoms with Crippen molar-refractivity contribution >= 4 is 52.8 Å². The average molecular weight is 399 g/mol. The predicted octanol–water partition coefficient (Wildman–Crippen LogP) is 4.52. The van der Waals surface area contributed by atoms with Crippen molar-refractivity contribution < 1.29 is 14.3 Å². The molecule has 2 rings (SSSR count). The summed E-state index contributed by atoms with van der Waals surface area (Å²) in [5, 5.41) is 4.09. The standard InChI is InChI=1S/C18H14Cl3NO3/c19-14-7-5-12(16(21)9-14)6-8-18(24)25-11-17(23)22-10-13-3-1-2-4-15(13)20/h1-9H,10-11H2,(H,22,23)/b8-6+. The topological polar surface area (TPSA) is 55.4 Å². The van der Waals surface area contributed by atoms with Crippen molar-refractivity contribution in [1.82, 2.24) is 5.32 Å². The van der Waals surface area contributed by atoms with Crippen LogP contribution in [0.2, 0.25) is 15.1 Å². The Morgan fingerprint density at radius 2 is 1.80 bits per heavy atom. The first-order valence-electron chi connectivity index (χ1n) is 7.25. The Bertz CT molecular complexity index is 806. The third-order valence-electron chi connectivity index (χ3n) is 3.14. The van der Waals surface area contributed by atoms with Crippen LogP contribution in [0.15, 0.2) is 48.5 Å². The van der Waals surface area contributed by atoms with Crippen LogP contribution >= 0.6 is 34.8 Å². The largest absolute Gasteiger partial charge is 0.452 e. The van der Waals surface area contributed by atoms with Gasteiger partial charge in [-0.2, -0.15) is 0 Å². The second kappa shape index (κ2) is 9.47. The van der Waals surface area contributed by atoms with Crippen LogP contribution in [-0.4, -0.2) is 18.5 Å². The lowest BCUT2D eigenvalue weighted by atomic mass is 10.2. The molecule has 130 valence electrons. The summed E-state index contributed by atoms with van der Waals surface area (Å²) < 4.78 is 4.87. The predicted molar refractivity (Wildman–Crippen MR) is 99.8 cm³/mol. The van der Waals surface area contributed by atoms with Gasteiger partial charge >= 0.3 is 5.97 Å². The van der Waals surface area contributed by atoms with E-state index in [1.54, 1.807) is 36.4 Å². The third-order valence-corrected chi connectivity index (χ3v) is 4.07. The zero-order chi connectivity index (χ0) is 18.2. The summed E-state index contributed by atoms with van der Waals surface area (Å²) >= 11 is 17.8. The fourth-order valence-corrected chi connectivity index (χ4v) is 2.54. The minimum atomic E-state index is -0.654. The number of nitrogens with one attached hydrogen (secondary N) is 1. The molecule has 0 aliphatic rings. The second-order valence-electron chi connectivity index (χ2n) is 4.98. The zero-order valence-electron chi connectivity index (χ0n) is 13.0. The van der Waals surface area contributed by atoms with Gasteiger partial charge in [-0.15, -0.1) is 0 Å². The molecule has 0 aliphatic heterocycles. The molecule has 1 N–H and O–H groups in total. The molecule has 0 aromatic heterocycles. The Kier molecular flexibility index (Phi) is 7.31. The Morgan fingerprint density at radius 1 is 1.04 bits per heavy atom. The summed E-state index contributed by atoms with van der Waals surface area (Å²) in [6.45, 7) is -0.131. The average Bonchev–Trinajstić information content (AvgIpc) is 2.58. The zero-order valence-corrected chi connectivity index (χ0v) is 15.2. The lowest BCUT2D eigenvalue weighted by Gasteiger charge is -2.07. The number of rotatable bonds is 6. The van der Waals surface area contributed by atoms with Gasteiger partial charge in [0, 0.05) is 27.7 Å². The number of amides is 1. The van der Waals surface area contributed by atoms with E-state index in [-0.39, 0.29) is 13.2 Å². The molecule has 0 atom stereocenters. The van der Waals surface area contributed by atoms with E-state index in [1.165, 1.54) is 12.2 Å². The number of hydrogen-bond donors (Lipinski definition) is 1. The molecule has 0 aliphatic carbocycles. The van der Waals surface area contributed by atoms with E-state index in [0.717, 1.165) is 5.56 Å². The Morgan fingerprint density at radius 3 is 2.52 bits per heavy atom. The molecule has 0 fully saturated rings. The van der Waals surface area contributed by atoms with Crippen molar-refractivity contribution in [1.29, 1.82) is 0 Å². The van der Waals surface area contributed by atoms with Crippen LogP contribution in [0.1, 0.15) is 11.1 Å². The number of carbonyl (C=O) groups is 2. The SMILES string of the molecule is O=C(COC(=O)/C=C/c1ccc(Cl)cc1Cl)NCc1ccccc1Cl. The van der Waals surface area contributed by atoms with E-state index in [0.29, 0.717) is 20.6 Å². The fraction of sp³-hybridized carbons (Fsp3) is 0.111.